The molecule has 6 heteroatoms. The first-order valence-electron chi connectivity index (χ1n) is 4.55. The fourth-order valence-corrected chi connectivity index (χ4v) is 1.30. The van der Waals surface area contributed by atoms with E-state index >= 15 is 0 Å². The first-order valence-corrected chi connectivity index (χ1v) is 5.30. The summed E-state index contributed by atoms with van der Waals surface area (Å²) in [7, 11) is 0. The van der Waals surface area contributed by atoms with Gasteiger partial charge in [0.05, 0.1) is 5.69 Å². The van der Waals surface area contributed by atoms with Crippen molar-refractivity contribution in [2.45, 2.75) is 20.8 Å². The van der Waals surface area contributed by atoms with Gasteiger partial charge in [-0.1, -0.05) is 44.0 Å². The zero-order valence-corrected chi connectivity index (χ0v) is 10.6. The topological polar surface area (TPSA) is 42.0 Å². The first-order chi connectivity index (χ1) is 7.21. The van der Waals surface area contributed by atoms with Crippen LogP contribution in [0.15, 0.2) is 6.07 Å². The highest BCUT2D eigenvalue weighted by molar-refractivity contribution is 6.33. The number of hydrogen-bond donors (Lipinski definition) is 1. The van der Waals surface area contributed by atoms with Gasteiger partial charge in [-0.15, -0.1) is 0 Å². The maximum Gasteiger partial charge on any atom is 0.229 e. The van der Waals surface area contributed by atoms with Crippen LogP contribution >= 0.6 is 23.2 Å². The molecule has 0 saturated heterocycles. The molecule has 0 spiro atoms. The molecule has 1 aromatic heterocycles. The number of anilines is 1. The Kier molecular flexibility index (Phi) is 3.76. The molecule has 0 aliphatic carbocycles. The molecule has 0 fully saturated rings. The number of amides is 1. The van der Waals surface area contributed by atoms with Gasteiger partial charge in [0.15, 0.2) is 11.0 Å². The van der Waals surface area contributed by atoms with Crippen molar-refractivity contribution in [3.8, 4) is 0 Å². The molecule has 1 rings (SSSR count). The van der Waals surface area contributed by atoms with E-state index in [1.807, 2.05) is 0 Å². The van der Waals surface area contributed by atoms with E-state index in [1.54, 1.807) is 20.8 Å². The molecular formula is C10H11Cl2FN2O. The minimum atomic E-state index is -0.788. The molecule has 0 aliphatic heterocycles. The van der Waals surface area contributed by atoms with E-state index in [-0.39, 0.29) is 21.9 Å². The minimum absolute atomic E-state index is 0.0237. The summed E-state index contributed by atoms with van der Waals surface area (Å²) in [5.74, 6) is -1.12. The summed E-state index contributed by atoms with van der Waals surface area (Å²) in [4.78, 5) is 15.1. The molecule has 0 saturated carbocycles. The van der Waals surface area contributed by atoms with Crippen LogP contribution < -0.4 is 5.32 Å². The lowest BCUT2D eigenvalue weighted by atomic mass is 9.95. The van der Waals surface area contributed by atoms with Crippen LogP contribution in [0.3, 0.4) is 0 Å². The Morgan fingerprint density at radius 3 is 2.50 bits per heavy atom. The maximum atomic E-state index is 13.5. The average Bonchev–Trinajstić information content (AvgIpc) is 2.11. The Morgan fingerprint density at radius 1 is 1.44 bits per heavy atom. The largest absolute Gasteiger partial charge is 0.323 e. The van der Waals surface area contributed by atoms with E-state index in [1.165, 1.54) is 6.07 Å². The van der Waals surface area contributed by atoms with Crippen LogP contribution in [-0.4, -0.2) is 10.9 Å². The lowest BCUT2D eigenvalue weighted by Crippen LogP contribution is -2.28. The number of aromatic nitrogens is 1. The second-order valence-corrected chi connectivity index (χ2v) is 5.05. The van der Waals surface area contributed by atoms with Gasteiger partial charge < -0.3 is 5.32 Å². The SMILES string of the molecule is CC(C)(C)C(=O)Nc1cc(Cl)nc(Cl)c1F. The highest BCUT2D eigenvalue weighted by atomic mass is 35.5. The highest BCUT2D eigenvalue weighted by Gasteiger charge is 2.23. The predicted molar refractivity (Wildman–Crippen MR) is 62.3 cm³/mol. The van der Waals surface area contributed by atoms with Crippen molar-refractivity contribution in [3.63, 3.8) is 0 Å². The highest BCUT2D eigenvalue weighted by Crippen LogP contribution is 2.26. The van der Waals surface area contributed by atoms with Crippen LogP contribution in [0, 0.1) is 11.2 Å². The van der Waals surface area contributed by atoms with Crippen molar-refractivity contribution in [2.75, 3.05) is 5.32 Å². The fourth-order valence-electron chi connectivity index (χ4n) is 0.869. The third-order valence-electron chi connectivity index (χ3n) is 1.82. The van der Waals surface area contributed by atoms with E-state index in [9.17, 15) is 9.18 Å². The molecule has 0 aromatic carbocycles. The van der Waals surface area contributed by atoms with Gasteiger partial charge in [0.25, 0.3) is 0 Å². The number of pyridine rings is 1. The van der Waals surface area contributed by atoms with Gasteiger partial charge in [0, 0.05) is 11.5 Å². The number of carbonyl (C=O) groups is 1. The number of rotatable bonds is 1. The van der Waals surface area contributed by atoms with Crippen LogP contribution in [0.4, 0.5) is 10.1 Å². The molecule has 0 atom stereocenters. The smallest absolute Gasteiger partial charge is 0.229 e. The van der Waals surface area contributed by atoms with Gasteiger partial charge in [-0.3, -0.25) is 4.79 Å². The van der Waals surface area contributed by atoms with E-state index < -0.39 is 11.2 Å². The molecule has 88 valence electrons. The van der Waals surface area contributed by atoms with Crippen molar-refractivity contribution < 1.29 is 9.18 Å². The van der Waals surface area contributed by atoms with Crippen molar-refractivity contribution in [1.82, 2.24) is 4.98 Å². The lowest BCUT2D eigenvalue weighted by Gasteiger charge is -2.18. The Hall–Kier alpha value is -0.870. The average molecular weight is 265 g/mol. The van der Waals surface area contributed by atoms with Gasteiger partial charge in [0.1, 0.15) is 5.15 Å². The van der Waals surface area contributed by atoms with Crippen molar-refractivity contribution in [2.24, 2.45) is 5.41 Å². The van der Waals surface area contributed by atoms with Crippen LogP contribution in [0.2, 0.25) is 10.3 Å². The molecule has 0 radical (unpaired) electrons. The van der Waals surface area contributed by atoms with E-state index in [0.717, 1.165) is 0 Å². The lowest BCUT2D eigenvalue weighted by molar-refractivity contribution is -0.123. The molecule has 16 heavy (non-hydrogen) atoms. The molecule has 1 heterocycles. The Labute approximate surface area is 103 Å². The van der Waals surface area contributed by atoms with Gasteiger partial charge >= 0.3 is 0 Å². The zero-order chi connectivity index (χ0) is 12.5. The number of halogens is 3. The Balaban J connectivity index is 3.03. The summed E-state index contributed by atoms with van der Waals surface area (Å²) >= 11 is 11.1. The summed E-state index contributed by atoms with van der Waals surface area (Å²) in [6, 6.07) is 1.21. The van der Waals surface area contributed by atoms with Gasteiger partial charge in [-0.05, 0) is 0 Å². The van der Waals surface area contributed by atoms with Gasteiger partial charge in [-0.2, -0.15) is 0 Å². The van der Waals surface area contributed by atoms with Crippen molar-refractivity contribution >= 4 is 34.8 Å². The molecule has 0 bridgehead atoms. The normalized spacial score (nSPS) is 11.4. The Morgan fingerprint density at radius 2 is 2.00 bits per heavy atom. The third kappa shape index (κ3) is 3.06. The number of hydrogen-bond acceptors (Lipinski definition) is 2. The van der Waals surface area contributed by atoms with E-state index in [2.05, 4.69) is 10.3 Å². The third-order valence-corrected chi connectivity index (χ3v) is 2.26. The number of carbonyl (C=O) groups excluding carboxylic acids is 1. The summed E-state index contributed by atoms with van der Waals surface area (Å²) in [5.41, 5.74) is -0.695. The van der Waals surface area contributed by atoms with Crippen molar-refractivity contribution in [3.05, 3.63) is 22.2 Å². The molecule has 1 amide bonds. The summed E-state index contributed by atoms with van der Waals surface area (Å²) in [6.07, 6.45) is 0. The molecule has 0 aliphatic rings. The monoisotopic (exact) mass is 264 g/mol. The standard InChI is InChI=1S/C10H11Cl2FN2O/c1-10(2,3)9(16)14-5-4-6(11)15-8(12)7(5)13/h4H,1-3H3,(H,14,15,16). The van der Waals surface area contributed by atoms with E-state index in [0.29, 0.717) is 0 Å². The number of nitrogens with one attached hydrogen (secondary N) is 1. The molecule has 0 unspecified atom stereocenters. The van der Waals surface area contributed by atoms with Crippen LogP contribution in [0.25, 0.3) is 0 Å². The summed E-state index contributed by atoms with van der Waals surface area (Å²) in [5, 5.41) is 2.07. The van der Waals surface area contributed by atoms with Gasteiger partial charge in [-0.25, -0.2) is 9.37 Å². The van der Waals surface area contributed by atoms with E-state index in [4.69, 9.17) is 23.2 Å². The molecule has 3 nitrogen and oxygen atoms in total. The minimum Gasteiger partial charge on any atom is -0.323 e. The Bertz CT molecular complexity index is 430. The fraction of sp³-hybridized carbons (Fsp3) is 0.400. The molecule has 1 aromatic rings. The maximum absolute atomic E-state index is 13.5. The van der Waals surface area contributed by atoms with Crippen molar-refractivity contribution in [1.29, 1.82) is 0 Å². The van der Waals surface area contributed by atoms with Crippen LogP contribution in [0.5, 0.6) is 0 Å². The van der Waals surface area contributed by atoms with Gasteiger partial charge in [0.2, 0.25) is 5.91 Å². The molecular weight excluding hydrogens is 254 g/mol. The predicted octanol–water partition coefficient (Wildman–Crippen LogP) is 3.51. The zero-order valence-electron chi connectivity index (χ0n) is 9.07. The molecule has 1 N–H and O–H groups in total. The number of nitrogens with zero attached hydrogens (tertiary/aromatic N) is 1. The second-order valence-electron chi connectivity index (χ2n) is 4.30. The second kappa shape index (κ2) is 4.55. The summed E-state index contributed by atoms with van der Waals surface area (Å²) < 4.78 is 13.5. The summed E-state index contributed by atoms with van der Waals surface area (Å²) in [6.45, 7) is 5.14. The first kappa shape index (κ1) is 13.2. The quantitative estimate of drug-likeness (QED) is 0.789. The van der Waals surface area contributed by atoms with Crippen LogP contribution in [-0.2, 0) is 4.79 Å². The van der Waals surface area contributed by atoms with Crippen LogP contribution in [0.1, 0.15) is 20.8 Å².